The summed E-state index contributed by atoms with van der Waals surface area (Å²) < 4.78 is 79.7. The predicted molar refractivity (Wildman–Crippen MR) is 463 cm³/mol. The number of aliphatic hydroxyl groups is 4. The second-order valence-corrected chi connectivity index (χ2v) is 46.9. The fourth-order valence-electron chi connectivity index (χ4n) is 34.5. The molecule has 127 heavy (non-hydrogen) atoms. The van der Waals surface area contributed by atoms with Gasteiger partial charge in [-0.3, -0.25) is 37.9 Å². The van der Waals surface area contributed by atoms with Crippen molar-refractivity contribution in [1.82, 2.24) is 39.1 Å². The van der Waals surface area contributed by atoms with Crippen molar-refractivity contribution < 1.29 is 61.6 Å². The summed E-state index contributed by atoms with van der Waals surface area (Å²) in [7, 11) is 0. The van der Waals surface area contributed by atoms with E-state index >= 15 is 8.78 Å². The van der Waals surface area contributed by atoms with Crippen molar-refractivity contribution in [2.75, 3.05) is 0 Å². The molecular formula is C102H139F5N12O8. The molecular weight excluding hydrogens is 1620 g/mol. The summed E-state index contributed by atoms with van der Waals surface area (Å²) in [5.41, 5.74) is -1.63. The molecule has 0 amide bonds. The van der Waals surface area contributed by atoms with Gasteiger partial charge in [-0.25, -0.2) is 8.78 Å². The molecule has 0 radical (unpaired) electrons. The van der Waals surface area contributed by atoms with Crippen LogP contribution in [0.3, 0.4) is 0 Å². The number of fused-ring (bicyclic) bond motifs is 20. The van der Waals surface area contributed by atoms with Crippen LogP contribution in [0.5, 0.6) is 0 Å². The first-order valence-corrected chi connectivity index (χ1v) is 49.1. The van der Waals surface area contributed by atoms with Gasteiger partial charge in [0.2, 0.25) is 0 Å². The number of halogens is 5. The van der Waals surface area contributed by atoms with Crippen LogP contribution in [-0.2, 0) is 45.4 Å². The maximum atomic E-state index is 15.4. The van der Waals surface area contributed by atoms with E-state index in [2.05, 4.69) is 54.2 Å². The number of Topliss-reactive ketones (excluding diaryl/α,β-unsaturated/α-hetero) is 4. The fourth-order valence-corrected chi connectivity index (χ4v) is 34.5. The number of carbonyl (C=O) groups is 4. The van der Waals surface area contributed by atoms with Gasteiger partial charge < -0.3 is 20.4 Å². The highest BCUT2D eigenvalue weighted by atomic mass is 19.4. The predicted octanol–water partition coefficient (Wildman–Crippen LogP) is 18.3. The first-order chi connectivity index (χ1) is 60.1. The van der Waals surface area contributed by atoms with E-state index in [1.54, 1.807) is 29.5 Å². The lowest BCUT2D eigenvalue weighted by atomic mass is 9.48. The largest absolute Gasteiger partial charge is 0.392 e. The van der Waals surface area contributed by atoms with Gasteiger partial charge in [-0.15, -0.1) is 0 Å². The van der Waals surface area contributed by atoms with Gasteiger partial charge >= 0.3 is 6.18 Å². The summed E-state index contributed by atoms with van der Waals surface area (Å²) in [4.78, 5) is 53.3. The number of nitrogens with zero attached hydrogens (tertiary/aromatic N) is 12. The zero-order valence-electron chi connectivity index (χ0n) is 76.4. The van der Waals surface area contributed by atoms with Gasteiger partial charge in [0, 0.05) is 36.6 Å². The van der Waals surface area contributed by atoms with Crippen LogP contribution in [0.2, 0.25) is 0 Å². The average Bonchev–Trinajstić information content (AvgIpc) is 1.58. The van der Waals surface area contributed by atoms with E-state index in [-0.39, 0.29) is 90.0 Å². The summed E-state index contributed by atoms with van der Waals surface area (Å²) in [5, 5.41) is 94.8. The Morgan fingerprint density at radius 1 is 0.370 bits per heavy atom. The quantitative estimate of drug-likeness (QED) is 0.0958. The third kappa shape index (κ3) is 17.3. The smallest absolute Gasteiger partial charge is 0.390 e. The molecule has 4 aromatic rings. The standard InChI is InChI=1S/C26H34F3N3O2.C26H37N3O2.2C25H34FN3O2/c1-24(34)7-5-17-16(10-24)3-4-19-18(17)6-8-25(2)20(19)9-21(26(27,28)29)23(25)22(33)14-32-13-15(11-30)12-31-32;1-16-10-22(23(30)15-29-14-17(12-27)13-28-29)26(3)9-7-20-19-6-8-25(2,31)11-18(19)4-5-21(20)24(16)26;2*1-24(31)7-5-17-16(10-24)3-4-19-18(17)6-8-25(2)20(19)9-21(26)23(25)22(30)14-29-13-15(11-27)12-28-29/h12-13,16-21,23,34H,3-10,14H2,1-2H3;13-14,16,18-22,24,31H,4-11,15H2,1-3H3;2*12-13,16-21,23,31H,3-10,14H2,1-2H3/t16-,17+,18?,19?,20?,21-,23?,24-,25+;16-,18-,19+,20-,21-,22-,24+,25-,26-;16-,17+,18?,19?,20?,21+,23?,24-,25+;16-,17+,18?,19?,20?,21-,23?,24-,25+/m1111/s1. The van der Waals surface area contributed by atoms with Crippen molar-refractivity contribution in [1.29, 1.82) is 21.0 Å². The molecule has 4 heterocycles. The summed E-state index contributed by atoms with van der Waals surface area (Å²) in [6.07, 6.45) is 35.6. The minimum absolute atomic E-state index is 0.0369. The number of aromatic nitrogens is 8. The number of hydrogen-bond donors (Lipinski definition) is 4. The van der Waals surface area contributed by atoms with Crippen LogP contribution in [0.1, 0.15) is 290 Å². The lowest BCUT2D eigenvalue weighted by molar-refractivity contribution is -0.191. The summed E-state index contributed by atoms with van der Waals surface area (Å²) in [6.45, 7) is 19.1. The van der Waals surface area contributed by atoms with Crippen LogP contribution >= 0.6 is 0 Å². The minimum Gasteiger partial charge on any atom is -0.390 e. The second kappa shape index (κ2) is 34.5. The van der Waals surface area contributed by atoms with Crippen molar-refractivity contribution in [3.05, 3.63) is 71.8 Å². The molecule has 690 valence electrons. The van der Waals surface area contributed by atoms with Crippen LogP contribution in [-0.4, -0.2) is 124 Å². The normalized spacial score (nSPS) is 45.8. The van der Waals surface area contributed by atoms with Crippen molar-refractivity contribution in [2.45, 2.75) is 335 Å². The van der Waals surface area contributed by atoms with Gasteiger partial charge in [0.05, 0.1) is 113 Å². The van der Waals surface area contributed by atoms with Gasteiger partial charge in [0.25, 0.3) is 0 Å². The zero-order chi connectivity index (χ0) is 90.4. The number of ketones is 4. The lowest BCUT2D eigenvalue weighted by Crippen LogP contribution is -2.51. The Labute approximate surface area is 747 Å². The molecule has 0 bridgehead atoms. The monoisotopic (exact) mass is 1760 g/mol. The highest BCUT2D eigenvalue weighted by Crippen LogP contribution is 2.72. The number of nitriles is 4. The van der Waals surface area contributed by atoms with Gasteiger partial charge in [0.15, 0.2) is 23.1 Å². The van der Waals surface area contributed by atoms with Crippen LogP contribution in [0.4, 0.5) is 22.0 Å². The first-order valence-electron chi connectivity index (χ1n) is 49.1. The molecule has 0 spiro atoms. The van der Waals surface area contributed by atoms with E-state index in [1.807, 2.05) is 52.8 Å². The van der Waals surface area contributed by atoms with Gasteiger partial charge in [-0.2, -0.15) is 54.6 Å². The highest BCUT2D eigenvalue weighted by molar-refractivity contribution is 5.84. The van der Waals surface area contributed by atoms with Crippen molar-refractivity contribution >= 4 is 23.1 Å². The lowest BCUT2D eigenvalue weighted by Gasteiger charge is -2.57. The molecule has 16 aliphatic carbocycles. The molecule has 4 aromatic heterocycles. The maximum Gasteiger partial charge on any atom is 0.392 e. The molecule has 0 aromatic carbocycles. The summed E-state index contributed by atoms with van der Waals surface area (Å²) in [5.74, 6) is 6.99. The fraction of sp³-hybridized carbons (Fsp3) is 0.804. The van der Waals surface area contributed by atoms with Crippen LogP contribution < -0.4 is 0 Å². The SMILES string of the molecule is C[C@@H]1C[C@H](C(=O)Cn2cc(C#N)cn2)[C@@]2(C)CC[C@H]3[C@@H](CC[C@@H]4C[C@](C)(O)CC[C@@H]43)[C@H]12.C[C@@]1(O)CC[C@@H]2C3CC[C@@]4(C)C(C[C@@H](C(F)(F)F)C4C(=O)Cn4cc(C#N)cn4)C3CC[C@@H]2C1.C[C@@]1(O)CC[C@@H]2C3CC[C@@]4(C)C(C[C@@H](F)C4C(=O)Cn4cc(C#N)cn4)C3CC[C@@H]2C1.C[C@@]1(O)CC[C@@H]2C3CC[C@@]4(C)C(C[C@H](F)C4C(=O)Cn4cc(C#N)cn4)C3CC[C@@H]2C1. The van der Waals surface area contributed by atoms with Gasteiger partial charge in [-0.1, -0.05) is 34.6 Å². The van der Waals surface area contributed by atoms with Crippen molar-refractivity contribution in [3.8, 4) is 24.3 Å². The molecule has 0 aliphatic heterocycles. The molecule has 20 nitrogen and oxygen atoms in total. The Kier molecular flexibility index (Phi) is 25.0. The Bertz CT molecular complexity index is 4750. The molecule has 0 saturated heterocycles. The number of alkyl halides is 5. The van der Waals surface area contributed by atoms with Gasteiger partial charge in [-0.05, 0) is 379 Å². The van der Waals surface area contributed by atoms with Crippen molar-refractivity contribution in [3.63, 3.8) is 0 Å². The van der Waals surface area contributed by atoms with E-state index in [9.17, 15) is 52.8 Å². The van der Waals surface area contributed by atoms with Crippen molar-refractivity contribution in [2.24, 2.45) is 176 Å². The topological polar surface area (TPSA) is 316 Å². The van der Waals surface area contributed by atoms with E-state index < -0.39 is 75.8 Å². The first kappa shape index (κ1) is 91.8. The Hall–Kier alpha value is -7.03. The number of hydrogen-bond acceptors (Lipinski definition) is 16. The molecule has 36 atom stereocenters. The average molecular weight is 1760 g/mol. The van der Waals surface area contributed by atoms with E-state index in [4.69, 9.17) is 21.0 Å². The second-order valence-electron chi connectivity index (χ2n) is 46.9. The molecule has 20 rings (SSSR count). The number of rotatable bonds is 12. The Morgan fingerprint density at radius 3 is 0.961 bits per heavy atom. The molecule has 25 heteroatoms. The molecule has 16 aliphatic rings. The van der Waals surface area contributed by atoms with Crippen LogP contribution in [0, 0.1) is 221 Å². The van der Waals surface area contributed by atoms with E-state index in [0.29, 0.717) is 130 Å². The molecule has 4 N–H and O–H groups in total. The van der Waals surface area contributed by atoms with E-state index in [0.717, 1.165) is 172 Å². The third-order valence-electron chi connectivity index (χ3n) is 39.5. The van der Waals surface area contributed by atoms with Crippen LogP contribution in [0.15, 0.2) is 49.6 Å². The van der Waals surface area contributed by atoms with E-state index in [1.165, 1.54) is 64.5 Å². The summed E-state index contributed by atoms with van der Waals surface area (Å²) >= 11 is 0. The molecule has 16 saturated carbocycles. The zero-order valence-corrected chi connectivity index (χ0v) is 76.4. The highest BCUT2D eigenvalue weighted by Gasteiger charge is 2.69. The van der Waals surface area contributed by atoms with Gasteiger partial charge in [0.1, 0.15) is 36.6 Å². The Balaban J connectivity index is 0.000000119. The Morgan fingerprint density at radius 2 is 0.646 bits per heavy atom. The van der Waals surface area contributed by atoms with Crippen LogP contribution in [0.25, 0.3) is 0 Å². The summed E-state index contributed by atoms with van der Waals surface area (Å²) in [6, 6.07) is 8.10. The molecule has 12 unspecified atom stereocenters. The molecule has 16 fully saturated rings. The third-order valence-corrected chi connectivity index (χ3v) is 39.5. The minimum atomic E-state index is -4.42. The maximum absolute atomic E-state index is 15.4. The number of carbonyl (C=O) groups excluding carboxylic acids is 4.